The predicted octanol–water partition coefficient (Wildman–Crippen LogP) is 3.70. The van der Waals surface area contributed by atoms with Gasteiger partial charge in [-0.2, -0.15) is 0 Å². The van der Waals surface area contributed by atoms with Crippen LogP contribution in [0.4, 0.5) is 0 Å². The molecule has 0 saturated heterocycles. The van der Waals surface area contributed by atoms with Crippen molar-refractivity contribution in [3.05, 3.63) is 72.3 Å². The summed E-state index contributed by atoms with van der Waals surface area (Å²) < 4.78 is 12.7. The van der Waals surface area contributed by atoms with Gasteiger partial charge in [-0.15, -0.1) is 0 Å². The third-order valence-corrected chi connectivity index (χ3v) is 4.69. The van der Waals surface area contributed by atoms with Crippen molar-refractivity contribution in [2.75, 3.05) is 0 Å². The molecule has 1 N–H and O–H groups in total. The van der Waals surface area contributed by atoms with E-state index in [0.717, 1.165) is 10.8 Å². The first-order valence-electron chi connectivity index (χ1n) is 6.40. The van der Waals surface area contributed by atoms with Crippen molar-refractivity contribution in [2.45, 2.75) is 9.79 Å². The number of aromatic carboxylic acids is 1. The lowest BCUT2D eigenvalue weighted by atomic mass is 10.1. The molecule has 1 atom stereocenters. The fourth-order valence-corrected chi connectivity index (χ4v) is 3.45. The van der Waals surface area contributed by atoms with Gasteiger partial charge in [0.2, 0.25) is 0 Å². The van der Waals surface area contributed by atoms with Gasteiger partial charge < -0.3 is 5.11 Å². The van der Waals surface area contributed by atoms with E-state index in [1.54, 1.807) is 24.3 Å². The molecular formula is C17H12O3S. The molecule has 0 saturated carbocycles. The van der Waals surface area contributed by atoms with Crippen molar-refractivity contribution in [2.24, 2.45) is 0 Å². The van der Waals surface area contributed by atoms with Gasteiger partial charge in [-0.1, -0.05) is 42.5 Å². The molecule has 0 aromatic heterocycles. The Kier molecular flexibility index (Phi) is 3.54. The highest BCUT2D eigenvalue weighted by atomic mass is 32.2. The molecule has 4 heteroatoms. The van der Waals surface area contributed by atoms with Gasteiger partial charge in [-0.05, 0) is 35.0 Å². The summed E-state index contributed by atoms with van der Waals surface area (Å²) in [6.45, 7) is 0. The highest BCUT2D eigenvalue weighted by Crippen LogP contribution is 2.24. The van der Waals surface area contributed by atoms with Crippen LogP contribution in [0.1, 0.15) is 10.4 Å². The van der Waals surface area contributed by atoms with Gasteiger partial charge in [0.1, 0.15) is 0 Å². The van der Waals surface area contributed by atoms with Gasteiger partial charge in [0.15, 0.2) is 0 Å². The number of benzene rings is 3. The molecule has 3 rings (SSSR count). The van der Waals surface area contributed by atoms with Gasteiger partial charge >= 0.3 is 5.97 Å². The van der Waals surface area contributed by atoms with E-state index >= 15 is 0 Å². The maximum Gasteiger partial charge on any atom is 0.336 e. The molecular weight excluding hydrogens is 284 g/mol. The van der Waals surface area contributed by atoms with Gasteiger partial charge in [-0.25, -0.2) is 9.00 Å². The zero-order valence-electron chi connectivity index (χ0n) is 11.0. The maximum absolute atomic E-state index is 12.7. The standard InChI is InChI=1S/C17H12O3S/c18-17(19)15-7-3-4-8-16(15)21(20)14-10-9-12-5-1-2-6-13(12)11-14/h1-11H,(H,18,19). The van der Waals surface area contributed by atoms with E-state index in [0.29, 0.717) is 9.79 Å². The topological polar surface area (TPSA) is 54.4 Å². The summed E-state index contributed by atoms with van der Waals surface area (Å²) in [5.41, 5.74) is 0.0731. The molecule has 1 unspecified atom stereocenters. The van der Waals surface area contributed by atoms with Crippen molar-refractivity contribution in [3.8, 4) is 0 Å². The summed E-state index contributed by atoms with van der Waals surface area (Å²) in [6, 6.07) is 19.7. The Labute approximate surface area is 124 Å². The molecule has 104 valence electrons. The molecule has 0 aliphatic carbocycles. The van der Waals surface area contributed by atoms with Crippen molar-refractivity contribution in [3.63, 3.8) is 0 Å². The Balaban J connectivity index is 2.10. The van der Waals surface area contributed by atoms with Crippen LogP contribution in [0.25, 0.3) is 10.8 Å². The van der Waals surface area contributed by atoms with Crippen molar-refractivity contribution < 1.29 is 14.1 Å². The number of rotatable bonds is 3. The molecule has 3 aromatic rings. The van der Waals surface area contributed by atoms with E-state index in [4.69, 9.17) is 0 Å². The lowest BCUT2D eigenvalue weighted by molar-refractivity contribution is 0.0693. The summed E-state index contributed by atoms with van der Waals surface area (Å²) >= 11 is 0. The first kappa shape index (κ1) is 13.5. The molecule has 0 aliphatic rings. The summed E-state index contributed by atoms with van der Waals surface area (Å²) in [7, 11) is -1.52. The molecule has 0 amide bonds. The Morgan fingerprint density at radius 2 is 1.52 bits per heavy atom. The maximum atomic E-state index is 12.7. The summed E-state index contributed by atoms with van der Waals surface area (Å²) in [5.74, 6) is -1.07. The van der Waals surface area contributed by atoms with Crippen molar-refractivity contribution in [1.29, 1.82) is 0 Å². The Bertz CT molecular complexity index is 855. The van der Waals surface area contributed by atoms with Crippen molar-refractivity contribution >= 4 is 27.5 Å². The van der Waals surface area contributed by atoms with Crippen LogP contribution in [-0.2, 0) is 10.8 Å². The highest BCUT2D eigenvalue weighted by molar-refractivity contribution is 7.85. The van der Waals surface area contributed by atoms with E-state index in [2.05, 4.69) is 0 Å². The molecule has 3 nitrogen and oxygen atoms in total. The lowest BCUT2D eigenvalue weighted by Gasteiger charge is -2.07. The molecule has 0 aliphatic heterocycles. The van der Waals surface area contributed by atoms with E-state index in [-0.39, 0.29) is 5.56 Å². The molecule has 0 spiro atoms. The van der Waals surface area contributed by atoms with E-state index in [1.807, 2.05) is 36.4 Å². The molecule has 21 heavy (non-hydrogen) atoms. The van der Waals surface area contributed by atoms with Crippen LogP contribution in [0.15, 0.2) is 76.5 Å². The third-order valence-electron chi connectivity index (χ3n) is 3.25. The predicted molar refractivity (Wildman–Crippen MR) is 82.0 cm³/mol. The summed E-state index contributed by atoms with van der Waals surface area (Å²) in [6.07, 6.45) is 0. The second kappa shape index (κ2) is 5.50. The average molecular weight is 296 g/mol. The van der Waals surface area contributed by atoms with Crippen LogP contribution < -0.4 is 0 Å². The highest BCUT2D eigenvalue weighted by Gasteiger charge is 2.16. The number of fused-ring (bicyclic) bond motifs is 1. The average Bonchev–Trinajstić information content (AvgIpc) is 2.53. The minimum Gasteiger partial charge on any atom is -0.478 e. The zero-order chi connectivity index (χ0) is 14.8. The summed E-state index contributed by atoms with van der Waals surface area (Å²) in [4.78, 5) is 12.2. The Morgan fingerprint density at radius 3 is 2.29 bits per heavy atom. The second-order valence-electron chi connectivity index (χ2n) is 4.58. The van der Waals surface area contributed by atoms with Crippen LogP contribution in [0.2, 0.25) is 0 Å². The number of carboxylic acids is 1. The fourth-order valence-electron chi connectivity index (χ4n) is 2.21. The van der Waals surface area contributed by atoms with Crippen molar-refractivity contribution in [1.82, 2.24) is 0 Å². The Morgan fingerprint density at radius 1 is 0.857 bits per heavy atom. The van der Waals surface area contributed by atoms with E-state index in [9.17, 15) is 14.1 Å². The smallest absolute Gasteiger partial charge is 0.336 e. The largest absolute Gasteiger partial charge is 0.478 e. The molecule has 3 aromatic carbocycles. The number of carbonyl (C=O) groups is 1. The fraction of sp³-hybridized carbons (Fsp3) is 0. The van der Waals surface area contributed by atoms with Gasteiger partial charge in [-0.3, -0.25) is 0 Å². The zero-order valence-corrected chi connectivity index (χ0v) is 11.8. The Hall–Kier alpha value is -2.46. The number of hydrogen-bond acceptors (Lipinski definition) is 2. The van der Waals surface area contributed by atoms with Crippen LogP contribution >= 0.6 is 0 Å². The van der Waals surface area contributed by atoms with Gasteiger partial charge in [0.25, 0.3) is 0 Å². The van der Waals surface area contributed by atoms with Crippen LogP contribution in [0, 0.1) is 0 Å². The molecule has 0 bridgehead atoms. The van der Waals surface area contributed by atoms with Gasteiger partial charge in [0, 0.05) is 4.90 Å². The molecule has 0 radical (unpaired) electrons. The van der Waals surface area contributed by atoms with E-state index < -0.39 is 16.8 Å². The molecule has 0 heterocycles. The van der Waals surface area contributed by atoms with Crippen LogP contribution in [0.5, 0.6) is 0 Å². The minimum absolute atomic E-state index is 0.0731. The van der Waals surface area contributed by atoms with Gasteiger partial charge in [0.05, 0.1) is 21.3 Å². The first-order chi connectivity index (χ1) is 10.2. The quantitative estimate of drug-likeness (QED) is 0.801. The summed E-state index contributed by atoms with van der Waals surface area (Å²) in [5, 5.41) is 11.2. The lowest BCUT2D eigenvalue weighted by Crippen LogP contribution is -2.04. The minimum atomic E-state index is -1.52. The monoisotopic (exact) mass is 296 g/mol. The SMILES string of the molecule is O=C(O)c1ccccc1S(=O)c1ccc2ccccc2c1. The first-order valence-corrected chi connectivity index (χ1v) is 7.55. The second-order valence-corrected chi connectivity index (χ2v) is 6.03. The normalized spacial score (nSPS) is 12.2. The number of hydrogen-bond donors (Lipinski definition) is 1. The molecule has 0 fully saturated rings. The van der Waals surface area contributed by atoms with Crippen LogP contribution in [-0.4, -0.2) is 15.3 Å². The third kappa shape index (κ3) is 2.58. The van der Waals surface area contributed by atoms with E-state index in [1.165, 1.54) is 6.07 Å². The van der Waals surface area contributed by atoms with Crippen LogP contribution in [0.3, 0.4) is 0 Å². The number of carboxylic acid groups (broad SMARTS) is 1.